The van der Waals surface area contributed by atoms with E-state index in [2.05, 4.69) is 9.80 Å². The SMILES string of the molecule is COC(=O)c1ccc(CN2C[C@@H](C)N(Cc3cccc(Cl)c3C(F)(F)F)[C@@H](C)C2)cc1. The van der Waals surface area contributed by atoms with Crippen molar-refractivity contribution in [3.63, 3.8) is 0 Å². The van der Waals surface area contributed by atoms with Crippen LogP contribution in [-0.4, -0.2) is 48.1 Å². The first-order valence-electron chi connectivity index (χ1n) is 10.1. The molecule has 1 fully saturated rings. The van der Waals surface area contributed by atoms with Gasteiger partial charge in [0.05, 0.1) is 23.3 Å². The Morgan fingerprint density at radius 1 is 1.06 bits per heavy atom. The smallest absolute Gasteiger partial charge is 0.418 e. The van der Waals surface area contributed by atoms with Crippen LogP contribution >= 0.6 is 11.6 Å². The van der Waals surface area contributed by atoms with Gasteiger partial charge < -0.3 is 4.74 Å². The predicted octanol–water partition coefficient (Wildman–Crippen LogP) is 5.24. The highest BCUT2D eigenvalue weighted by molar-refractivity contribution is 6.31. The van der Waals surface area contributed by atoms with E-state index in [4.69, 9.17) is 16.3 Å². The third kappa shape index (κ3) is 5.59. The highest BCUT2D eigenvalue weighted by Gasteiger charge is 2.37. The maximum atomic E-state index is 13.5. The van der Waals surface area contributed by atoms with Gasteiger partial charge in [0.25, 0.3) is 0 Å². The Morgan fingerprint density at radius 2 is 1.68 bits per heavy atom. The van der Waals surface area contributed by atoms with E-state index in [1.807, 2.05) is 26.0 Å². The molecule has 0 N–H and O–H groups in total. The van der Waals surface area contributed by atoms with Crippen LogP contribution in [0.5, 0.6) is 0 Å². The lowest BCUT2D eigenvalue weighted by Crippen LogP contribution is -2.55. The van der Waals surface area contributed by atoms with Gasteiger partial charge in [-0.25, -0.2) is 4.79 Å². The zero-order valence-electron chi connectivity index (χ0n) is 17.7. The number of alkyl halides is 3. The summed E-state index contributed by atoms with van der Waals surface area (Å²) in [7, 11) is 1.35. The van der Waals surface area contributed by atoms with Crippen LogP contribution in [0, 0.1) is 0 Å². The van der Waals surface area contributed by atoms with Crippen molar-refractivity contribution in [2.45, 2.75) is 45.2 Å². The van der Waals surface area contributed by atoms with Crippen LogP contribution in [0.2, 0.25) is 5.02 Å². The summed E-state index contributed by atoms with van der Waals surface area (Å²) >= 11 is 5.88. The third-order valence-corrected chi connectivity index (χ3v) is 6.01. The van der Waals surface area contributed by atoms with Crippen LogP contribution in [0.4, 0.5) is 13.2 Å². The number of rotatable bonds is 5. The summed E-state index contributed by atoms with van der Waals surface area (Å²) in [5, 5.41) is -0.264. The van der Waals surface area contributed by atoms with E-state index in [0.29, 0.717) is 12.1 Å². The Hall–Kier alpha value is -2.09. The van der Waals surface area contributed by atoms with E-state index in [0.717, 1.165) is 18.7 Å². The van der Waals surface area contributed by atoms with E-state index < -0.39 is 11.7 Å². The van der Waals surface area contributed by atoms with Crippen LogP contribution in [0.15, 0.2) is 42.5 Å². The third-order valence-electron chi connectivity index (χ3n) is 5.69. The standard InChI is InChI=1S/C23H26ClF3N2O2/c1-15-11-28(13-17-7-9-18(10-8-17)22(30)31-3)12-16(2)29(15)14-19-5-4-6-20(24)21(19)23(25,26)27/h4-10,15-16H,11-14H2,1-3H3/t15-,16+. The molecule has 3 rings (SSSR count). The second kappa shape index (κ2) is 9.59. The Morgan fingerprint density at radius 3 is 2.23 bits per heavy atom. The number of carbonyl (C=O) groups excluding carboxylic acids is 1. The van der Waals surface area contributed by atoms with Crippen LogP contribution in [0.25, 0.3) is 0 Å². The molecule has 0 bridgehead atoms. The molecular formula is C23H26ClF3N2O2. The predicted molar refractivity (Wildman–Crippen MR) is 114 cm³/mol. The van der Waals surface area contributed by atoms with Crippen LogP contribution in [0.3, 0.4) is 0 Å². The molecule has 31 heavy (non-hydrogen) atoms. The quantitative estimate of drug-likeness (QED) is 0.578. The molecule has 1 heterocycles. The lowest BCUT2D eigenvalue weighted by molar-refractivity contribution is -0.138. The van der Waals surface area contributed by atoms with Crippen molar-refractivity contribution in [2.24, 2.45) is 0 Å². The molecule has 168 valence electrons. The molecule has 1 aliphatic heterocycles. The molecule has 2 atom stereocenters. The summed E-state index contributed by atoms with van der Waals surface area (Å²) in [6.07, 6.45) is -4.49. The molecule has 0 radical (unpaired) electrons. The molecule has 0 unspecified atom stereocenters. The normalized spacial score (nSPS) is 20.6. The molecule has 8 heteroatoms. The number of hydrogen-bond acceptors (Lipinski definition) is 4. The molecule has 2 aromatic carbocycles. The molecule has 0 aliphatic carbocycles. The topological polar surface area (TPSA) is 32.8 Å². The Bertz CT molecular complexity index is 906. The lowest BCUT2D eigenvalue weighted by Gasteiger charge is -2.45. The van der Waals surface area contributed by atoms with Gasteiger partial charge in [0.15, 0.2) is 0 Å². The van der Waals surface area contributed by atoms with Crippen molar-refractivity contribution in [3.8, 4) is 0 Å². The number of hydrogen-bond donors (Lipinski definition) is 0. The number of esters is 1. The molecule has 1 aliphatic rings. The number of methoxy groups -OCH3 is 1. The van der Waals surface area contributed by atoms with E-state index in [1.165, 1.54) is 19.2 Å². The summed E-state index contributed by atoms with van der Waals surface area (Å²) in [5.41, 5.74) is 1.02. The fourth-order valence-corrected chi connectivity index (χ4v) is 4.55. The van der Waals surface area contributed by atoms with Gasteiger partial charge in [0.2, 0.25) is 0 Å². The fourth-order valence-electron chi connectivity index (χ4n) is 4.24. The van der Waals surface area contributed by atoms with E-state index >= 15 is 0 Å². The van der Waals surface area contributed by atoms with Gasteiger partial charge in [-0.2, -0.15) is 13.2 Å². The largest absolute Gasteiger partial charge is 0.465 e. The number of carbonyl (C=O) groups is 1. The Labute approximate surface area is 185 Å². The molecule has 0 aromatic heterocycles. The van der Waals surface area contributed by atoms with Crippen LogP contribution in [0.1, 0.15) is 40.9 Å². The molecule has 1 saturated heterocycles. The second-order valence-electron chi connectivity index (χ2n) is 8.02. The van der Waals surface area contributed by atoms with Crippen molar-refractivity contribution in [2.75, 3.05) is 20.2 Å². The molecule has 0 amide bonds. The van der Waals surface area contributed by atoms with Gasteiger partial charge in [0.1, 0.15) is 0 Å². The van der Waals surface area contributed by atoms with E-state index in [-0.39, 0.29) is 35.2 Å². The summed E-state index contributed by atoms with van der Waals surface area (Å²) in [6, 6.07) is 11.8. The molecular weight excluding hydrogens is 429 g/mol. The minimum Gasteiger partial charge on any atom is -0.465 e. The van der Waals surface area contributed by atoms with Crippen LogP contribution in [-0.2, 0) is 24.0 Å². The minimum absolute atomic E-state index is 0.0677. The van der Waals surface area contributed by atoms with E-state index in [9.17, 15) is 18.0 Å². The number of nitrogens with zero attached hydrogens (tertiary/aromatic N) is 2. The first kappa shape index (κ1) is 23.6. The van der Waals surface area contributed by atoms with Crippen LogP contribution < -0.4 is 0 Å². The Balaban J connectivity index is 1.68. The van der Waals surface area contributed by atoms with Gasteiger partial charge >= 0.3 is 12.1 Å². The number of piperazine rings is 1. The zero-order valence-corrected chi connectivity index (χ0v) is 18.5. The molecule has 0 spiro atoms. The van der Waals surface area contributed by atoms with Gasteiger partial charge in [-0.15, -0.1) is 0 Å². The fraction of sp³-hybridized carbons (Fsp3) is 0.435. The van der Waals surface area contributed by atoms with Crippen molar-refractivity contribution in [3.05, 3.63) is 69.7 Å². The van der Waals surface area contributed by atoms with Gasteiger partial charge in [0, 0.05) is 38.3 Å². The maximum absolute atomic E-state index is 13.5. The highest BCUT2D eigenvalue weighted by Crippen LogP contribution is 2.38. The average molecular weight is 455 g/mol. The number of benzene rings is 2. The maximum Gasteiger partial charge on any atom is 0.418 e. The summed E-state index contributed by atoms with van der Waals surface area (Å²) in [5.74, 6) is -0.373. The minimum atomic E-state index is -4.49. The highest BCUT2D eigenvalue weighted by atomic mass is 35.5. The van der Waals surface area contributed by atoms with Crippen molar-refractivity contribution >= 4 is 17.6 Å². The number of ether oxygens (including phenoxy) is 1. The average Bonchev–Trinajstić information content (AvgIpc) is 2.70. The van der Waals surface area contributed by atoms with Gasteiger partial charge in [-0.1, -0.05) is 35.9 Å². The lowest BCUT2D eigenvalue weighted by atomic mass is 10.0. The first-order chi connectivity index (χ1) is 14.6. The first-order valence-corrected chi connectivity index (χ1v) is 10.5. The number of halogens is 4. The zero-order chi connectivity index (χ0) is 22.8. The Kier molecular flexibility index (Phi) is 7.29. The summed E-state index contributed by atoms with van der Waals surface area (Å²) in [4.78, 5) is 16.0. The van der Waals surface area contributed by atoms with Crippen molar-refractivity contribution in [1.29, 1.82) is 0 Å². The summed E-state index contributed by atoms with van der Waals surface area (Å²) in [6.45, 7) is 6.41. The molecule has 4 nitrogen and oxygen atoms in total. The van der Waals surface area contributed by atoms with Gasteiger partial charge in [-0.3, -0.25) is 9.80 Å². The molecule has 2 aromatic rings. The van der Waals surface area contributed by atoms with E-state index in [1.54, 1.807) is 18.2 Å². The monoisotopic (exact) mass is 454 g/mol. The second-order valence-corrected chi connectivity index (χ2v) is 8.43. The van der Waals surface area contributed by atoms with Gasteiger partial charge in [-0.05, 0) is 43.2 Å². The summed E-state index contributed by atoms with van der Waals surface area (Å²) < 4.78 is 45.3. The van der Waals surface area contributed by atoms with Crippen molar-refractivity contribution < 1.29 is 22.7 Å². The molecule has 0 saturated carbocycles. The van der Waals surface area contributed by atoms with Crippen molar-refractivity contribution in [1.82, 2.24) is 9.80 Å².